The number of aliphatic hydroxyl groups is 1. The van der Waals surface area contributed by atoms with Crippen LogP contribution in [0.3, 0.4) is 0 Å². The van der Waals surface area contributed by atoms with Crippen molar-refractivity contribution < 1.29 is 5.11 Å². The van der Waals surface area contributed by atoms with E-state index in [4.69, 9.17) is 5.73 Å². The van der Waals surface area contributed by atoms with E-state index in [0.717, 1.165) is 38.8 Å². The predicted molar refractivity (Wildman–Crippen MR) is 79.7 cm³/mol. The molecule has 2 saturated heterocycles. The Morgan fingerprint density at radius 1 is 1.25 bits per heavy atom. The third-order valence-electron chi connectivity index (χ3n) is 6.23. The van der Waals surface area contributed by atoms with E-state index in [2.05, 4.69) is 29.2 Å². The number of aryl methyl sites for hydroxylation is 1. The SMILES string of the molecule is NCC1(C2(O)CCN3CCCC32)CCc2ccccc21. The first-order chi connectivity index (χ1) is 9.71. The van der Waals surface area contributed by atoms with Crippen molar-refractivity contribution >= 4 is 0 Å². The van der Waals surface area contributed by atoms with E-state index in [1.54, 1.807) is 0 Å². The Morgan fingerprint density at radius 3 is 2.95 bits per heavy atom. The van der Waals surface area contributed by atoms with Gasteiger partial charge in [-0.25, -0.2) is 0 Å². The van der Waals surface area contributed by atoms with E-state index in [0.29, 0.717) is 12.6 Å². The van der Waals surface area contributed by atoms with Crippen LogP contribution in [0.25, 0.3) is 0 Å². The second-order valence-corrected chi connectivity index (χ2v) is 6.81. The van der Waals surface area contributed by atoms with Crippen LogP contribution in [0.5, 0.6) is 0 Å². The zero-order chi connectivity index (χ0) is 13.8. The molecule has 0 saturated carbocycles. The summed E-state index contributed by atoms with van der Waals surface area (Å²) < 4.78 is 0. The van der Waals surface area contributed by atoms with Crippen molar-refractivity contribution in [2.24, 2.45) is 5.73 Å². The molecule has 0 radical (unpaired) electrons. The normalized spacial score (nSPS) is 40.0. The highest BCUT2D eigenvalue weighted by molar-refractivity contribution is 5.44. The van der Waals surface area contributed by atoms with Crippen LogP contribution in [0.4, 0.5) is 0 Å². The molecule has 1 aromatic rings. The summed E-state index contributed by atoms with van der Waals surface area (Å²) in [5.41, 5.74) is 8.10. The lowest BCUT2D eigenvalue weighted by Gasteiger charge is -2.46. The van der Waals surface area contributed by atoms with E-state index in [1.165, 1.54) is 17.5 Å². The molecule has 4 rings (SSSR count). The summed E-state index contributed by atoms with van der Waals surface area (Å²) in [6.07, 6.45) is 5.28. The Morgan fingerprint density at radius 2 is 2.10 bits per heavy atom. The van der Waals surface area contributed by atoms with Gasteiger partial charge in [-0.2, -0.15) is 0 Å². The number of hydrogen-bond donors (Lipinski definition) is 2. The lowest BCUT2D eigenvalue weighted by atomic mass is 9.64. The molecular formula is C17H24N2O. The molecule has 1 aromatic carbocycles. The molecule has 3 atom stereocenters. The van der Waals surface area contributed by atoms with Crippen molar-refractivity contribution in [2.45, 2.75) is 49.2 Å². The zero-order valence-corrected chi connectivity index (χ0v) is 12.0. The van der Waals surface area contributed by atoms with Gasteiger partial charge in [-0.1, -0.05) is 24.3 Å². The molecule has 1 aliphatic carbocycles. The van der Waals surface area contributed by atoms with E-state index >= 15 is 0 Å². The molecule has 3 aliphatic rings. The van der Waals surface area contributed by atoms with E-state index in [9.17, 15) is 5.11 Å². The maximum atomic E-state index is 11.6. The summed E-state index contributed by atoms with van der Waals surface area (Å²) in [4.78, 5) is 2.48. The van der Waals surface area contributed by atoms with Gasteiger partial charge in [0.25, 0.3) is 0 Å². The fourth-order valence-corrected chi connectivity index (χ4v) is 5.20. The number of benzene rings is 1. The number of nitrogens with two attached hydrogens (primary N) is 1. The summed E-state index contributed by atoms with van der Waals surface area (Å²) >= 11 is 0. The van der Waals surface area contributed by atoms with Crippen molar-refractivity contribution in [3.63, 3.8) is 0 Å². The molecule has 3 nitrogen and oxygen atoms in total. The number of hydrogen-bond acceptors (Lipinski definition) is 3. The largest absolute Gasteiger partial charge is 0.387 e. The van der Waals surface area contributed by atoms with Crippen LogP contribution in [0, 0.1) is 0 Å². The summed E-state index contributed by atoms with van der Waals surface area (Å²) in [7, 11) is 0. The summed E-state index contributed by atoms with van der Waals surface area (Å²) in [5, 5.41) is 11.6. The van der Waals surface area contributed by atoms with Crippen LogP contribution in [0.2, 0.25) is 0 Å². The monoisotopic (exact) mass is 272 g/mol. The minimum absolute atomic E-state index is 0.229. The molecule has 20 heavy (non-hydrogen) atoms. The Kier molecular flexibility index (Phi) is 2.75. The first kappa shape index (κ1) is 12.8. The fourth-order valence-electron chi connectivity index (χ4n) is 5.20. The Bertz CT molecular complexity index is 531. The highest BCUT2D eigenvalue weighted by atomic mass is 16.3. The van der Waals surface area contributed by atoms with Gasteiger partial charge in [-0.3, -0.25) is 4.90 Å². The standard InChI is InChI=1S/C17H24N2O/c18-12-16(8-7-13-4-1-2-5-14(13)16)17(20)9-11-19-10-3-6-15(17)19/h1-2,4-5,15,20H,3,6-12,18H2. The molecule has 0 amide bonds. The number of rotatable bonds is 2. The first-order valence-corrected chi connectivity index (χ1v) is 7.96. The average molecular weight is 272 g/mol. The van der Waals surface area contributed by atoms with Crippen molar-refractivity contribution in [3.05, 3.63) is 35.4 Å². The smallest absolute Gasteiger partial charge is 0.0922 e. The highest BCUT2D eigenvalue weighted by Gasteiger charge is 2.61. The van der Waals surface area contributed by atoms with Crippen LogP contribution >= 0.6 is 0 Å². The topological polar surface area (TPSA) is 49.5 Å². The molecule has 2 heterocycles. The van der Waals surface area contributed by atoms with Crippen LogP contribution in [0.15, 0.2) is 24.3 Å². The maximum Gasteiger partial charge on any atom is 0.0922 e. The molecule has 0 bridgehead atoms. The summed E-state index contributed by atoms with van der Waals surface area (Å²) in [5.74, 6) is 0. The average Bonchev–Trinajstić information content (AvgIpc) is 3.15. The fraction of sp³-hybridized carbons (Fsp3) is 0.647. The van der Waals surface area contributed by atoms with Gasteiger partial charge in [-0.15, -0.1) is 0 Å². The lowest BCUT2D eigenvalue weighted by Crippen LogP contribution is -2.60. The van der Waals surface area contributed by atoms with Crippen LogP contribution in [0.1, 0.15) is 36.8 Å². The van der Waals surface area contributed by atoms with E-state index < -0.39 is 5.60 Å². The third kappa shape index (κ3) is 1.41. The van der Waals surface area contributed by atoms with Gasteiger partial charge in [-0.05, 0) is 49.8 Å². The van der Waals surface area contributed by atoms with Crippen molar-refractivity contribution in [1.29, 1.82) is 0 Å². The quantitative estimate of drug-likeness (QED) is 0.856. The second kappa shape index (κ2) is 4.30. The van der Waals surface area contributed by atoms with Gasteiger partial charge >= 0.3 is 0 Å². The zero-order valence-electron chi connectivity index (χ0n) is 12.0. The lowest BCUT2D eigenvalue weighted by molar-refractivity contribution is -0.0569. The minimum atomic E-state index is -0.634. The Labute approximate surface area is 120 Å². The van der Waals surface area contributed by atoms with Crippen LogP contribution in [-0.4, -0.2) is 41.3 Å². The van der Waals surface area contributed by atoms with Crippen LogP contribution < -0.4 is 5.73 Å². The highest BCUT2D eigenvalue weighted by Crippen LogP contribution is 2.53. The van der Waals surface area contributed by atoms with E-state index in [1.807, 2.05) is 0 Å². The van der Waals surface area contributed by atoms with Gasteiger partial charge in [0.2, 0.25) is 0 Å². The molecule has 2 aliphatic heterocycles. The first-order valence-electron chi connectivity index (χ1n) is 7.96. The van der Waals surface area contributed by atoms with Crippen LogP contribution in [-0.2, 0) is 11.8 Å². The molecule has 3 unspecified atom stereocenters. The molecular weight excluding hydrogens is 248 g/mol. The summed E-state index contributed by atoms with van der Waals surface area (Å²) in [6.45, 7) is 2.74. The Hall–Kier alpha value is -0.900. The maximum absolute atomic E-state index is 11.6. The van der Waals surface area contributed by atoms with E-state index in [-0.39, 0.29) is 5.41 Å². The molecule has 0 spiro atoms. The molecule has 0 aromatic heterocycles. The van der Waals surface area contributed by atoms with Gasteiger partial charge in [0.05, 0.1) is 5.60 Å². The predicted octanol–water partition coefficient (Wildman–Crippen LogP) is 1.43. The van der Waals surface area contributed by atoms with Crippen molar-refractivity contribution in [1.82, 2.24) is 4.90 Å². The molecule has 2 fully saturated rings. The number of fused-ring (bicyclic) bond motifs is 2. The Balaban J connectivity index is 1.83. The van der Waals surface area contributed by atoms with Gasteiger partial charge in [0, 0.05) is 24.5 Å². The molecule has 3 N–H and O–H groups in total. The molecule has 108 valence electrons. The minimum Gasteiger partial charge on any atom is -0.387 e. The number of nitrogens with zero attached hydrogens (tertiary/aromatic N) is 1. The summed E-state index contributed by atoms with van der Waals surface area (Å²) in [6, 6.07) is 8.92. The van der Waals surface area contributed by atoms with Crippen molar-refractivity contribution in [2.75, 3.05) is 19.6 Å². The van der Waals surface area contributed by atoms with Gasteiger partial charge in [0.1, 0.15) is 0 Å². The van der Waals surface area contributed by atoms with Gasteiger partial charge in [0.15, 0.2) is 0 Å². The van der Waals surface area contributed by atoms with Crippen molar-refractivity contribution in [3.8, 4) is 0 Å². The second-order valence-electron chi connectivity index (χ2n) is 6.81. The molecule has 3 heteroatoms. The third-order valence-corrected chi connectivity index (χ3v) is 6.23. The van der Waals surface area contributed by atoms with Gasteiger partial charge < -0.3 is 10.8 Å².